The zero-order valence-corrected chi connectivity index (χ0v) is 20.7. The van der Waals surface area contributed by atoms with Gasteiger partial charge in [0, 0.05) is 12.5 Å². The van der Waals surface area contributed by atoms with Crippen molar-refractivity contribution in [3.05, 3.63) is 65.7 Å². The van der Waals surface area contributed by atoms with E-state index in [4.69, 9.17) is 23.7 Å². The molecule has 36 heavy (non-hydrogen) atoms. The van der Waals surface area contributed by atoms with E-state index in [9.17, 15) is 14.7 Å². The molecule has 7 unspecified atom stereocenters. The molecule has 0 saturated carbocycles. The van der Waals surface area contributed by atoms with Crippen LogP contribution >= 0.6 is 0 Å². The number of carbonyl (C=O) groups is 2. The first-order valence-corrected chi connectivity index (χ1v) is 12.2. The lowest BCUT2D eigenvalue weighted by molar-refractivity contribution is -0.337. The van der Waals surface area contributed by atoms with Gasteiger partial charge in [0.2, 0.25) is 12.2 Å². The number of ether oxygens (including phenoxy) is 5. The van der Waals surface area contributed by atoms with Crippen molar-refractivity contribution >= 4 is 11.9 Å². The SMILES string of the molecule is CCC(C)c1ccc(OC2OC3COC(c4ccccc4)OC3C(OCC(=O)O)C2NC(C)=O)cc1. The largest absolute Gasteiger partial charge is 0.480 e. The molecule has 0 radical (unpaired) electrons. The van der Waals surface area contributed by atoms with Crippen molar-refractivity contribution in [1.29, 1.82) is 0 Å². The number of nitrogens with one attached hydrogen (secondary N) is 1. The zero-order chi connectivity index (χ0) is 25.7. The third-order valence-corrected chi connectivity index (χ3v) is 6.49. The van der Waals surface area contributed by atoms with Gasteiger partial charge in [0.25, 0.3) is 0 Å². The van der Waals surface area contributed by atoms with Crippen LogP contribution in [0.4, 0.5) is 0 Å². The van der Waals surface area contributed by atoms with Gasteiger partial charge in [0.1, 0.15) is 36.7 Å². The van der Waals surface area contributed by atoms with Crippen molar-refractivity contribution in [2.75, 3.05) is 13.2 Å². The fourth-order valence-electron chi connectivity index (χ4n) is 4.45. The van der Waals surface area contributed by atoms with Gasteiger partial charge in [-0.2, -0.15) is 0 Å². The number of fused-ring (bicyclic) bond motifs is 1. The third kappa shape index (κ3) is 6.22. The quantitative estimate of drug-likeness (QED) is 0.540. The van der Waals surface area contributed by atoms with Gasteiger partial charge in [-0.3, -0.25) is 4.79 Å². The average Bonchev–Trinajstić information content (AvgIpc) is 2.88. The first-order valence-electron chi connectivity index (χ1n) is 12.2. The molecule has 4 rings (SSSR count). The minimum absolute atomic E-state index is 0.177. The van der Waals surface area contributed by atoms with Crippen LogP contribution in [0.2, 0.25) is 0 Å². The van der Waals surface area contributed by atoms with E-state index in [-0.39, 0.29) is 12.5 Å². The average molecular weight is 500 g/mol. The molecule has 9 nitrogen and oxygen atoms in total. The van der Waals surface area contributed by atoms with Crippen LogP contribution in [-0.4, -0.2) is 60.8 Å². The summed E-state index contributed by atoms with van der Waals surface area (Å²) in [6.45, 7) is 5.27. The molecule has 2 saturated heterocycles. The van der Waals surface area contributed by atoms with Crippen molar-refractivity contribution < 1.29 is 38.4 Å². The Bertz CT molecular complexity index is 1010. The number of rotatable bonds is 9. The Hall–Kier alpha value is -2.98. The fourth-order valence-corrected chi connectivity index (χ4v) is 4.45. The lowest BCUT2D eigenvalue weighted by Crippen LogP contribution is -2.68. The van der Waals surface area contributed by atoms with Crippen LogP contribution in [0.5, 0.6) is 5.75 Å². The maximum atomic E-state index is 12.1. The lowest BCUT2D eigenvalue weighted by atomic mass is 9.95. The van der Waals surface area contributed by atoms with E-state index in [0.29, 0.717) is 11.7 Å². The maximum absolute atomic E-state index is 12.1. The number of carbonyl (C=O) groups excluding carboxylic acids is 1. The van der Waals surface area contributed by atoms with Gasteiger partial charge in [-0.1, -0.05) is 56.3 Å². The topological polar surface area (TPSA) is 113 Å². The lowest BCUT2D eigenvalue weighted by Gasteiger charge is -2.49. The van der Waals surface area contributed by atoms with E-state index in [2.05, 4.69) is 19.2 Å². The maximum Gasteiger partial charge on any atom is 0.329 e. The van der Waals surface area contributed by atoms with Crippen molar-refractivity contribution in [3.63, 3.8) is 0 Å². The van der Waals surface area contributed by atoms with Gasteiger partial charge in [-0.05, 0) is 30.0 Å². The van der Waals surface area contributed by atoms with Crippen LogP contribution in [-0.2, 0) is 28.5 Å². The molecule has 2 aliphatic rings. The number of benzene rings is 2. The Morgan fingerprint density at radius 3 is 2.47 bits per heavy atom. The van der Waals surface area contributed by atoms with Crippen LogP contribution in [0.3, 0.4) is 0 Å². The summed E-state index contributed by atoms with van der Waals surface area (Å²) in [7, 11) is 0. The Kier molecular flexibility index (Phi) is 8.58. The molecule has 2 fully saturated rings. The van der Waals surface area contributed by atoms with E-state index in [1.54, 1.807) is 0 Å². The molecule has 0 spiro atoms. The predicted octanol–water partition coefficient (Wildman–Crippen LogP) is 3.39. The molecule has 2 aromatic carbocycles. The molecule has 0 aliphatic carbocycles. The van der Waals surface area contributed by atoms with Gasteiger partial charge in [0.15, 0.2) is 6.29 Å². The second kappa shape index (κ2) is 11.8. The number of hydrogen-bond donors (Lipinski definition) is 2. The predicted molar refractivity (Wildman–Crippen MR) is 129 cm³/mol. The van der Waals surface area contributed by atoms with Gasteiger partial charge in [-0.25, -0.2) is 4.79 Å². The van der Waals surface area contributed by atoms with Crippen LogP contribution < -0.4 is 10.1 Å². The highest BCUT2D eigenvalue weighted by atomic mass is 16.8. The second-order valence-corrected chi connectivity index (χ2v) is 9.11. The van der Waals surface area contributed by atoms with Gasteiger partial charge < -0.3 is 34.1 Å². The molecule has 9 heteroatoms. The normalized spacial score (nSPS) is 28.5. The highest BCUT2D eigenvalue weighted by Gasteiger charge is 2.52. The van der Waals surface area contributed by atoms with Crippen LogP contribution in [0.15, 0.2) is 54.6 Å². The summed E-state index contributed by atoms with van der Waals surface area (Å²) in [6.07, 6.45) is -2.78. The standard InChI is InChI=1S/C27H33NO8/c1-4-16(2)18-10-12-20(13-11-18)34-27-23(28-17(3)29)25(32-15-22(30)31)24-21(35-27)14-33-26(36-24)19-8-6-5-7-9-19/h5-13,16,21,23-27H,4,14-15H2,1-3H3,(H,28,29)(H,30,31). The molecule has 2 heterocycles. The first kappa shape index (κ1) is 26.1. The molecule has 0 bridgehead atoms. The smallest absolute Gasteiger partial charge is 0.329 e. The van der Waals surface area contributed by atoms with Crippen LogP contribution in [0, 0.1) is 0 Å². The minimum atomic E-state index is -1.13. The fraction of sp³-hybridized carbons (Fsp3) is 0.481. The van der Waals surface area contributed by atoms with E-state index in [1.165, 1.54) is 12.5 Å². The Morgan fingerprint density at radius 2 is 1.83 bits per heavy atom. The minimum Gasteiger partial charge on any atom is -0.480 e. The number of carboxylic acid groups (broad SMARTS) is 1. The summed E-state index contributed by atoms with van der Waals surface area (Å²) >= 11 is 0. The van der Waals surface area contributed by atoms with Crippen LogP contribution in [0.25, 0.3) is 0 Å². The highest BCUT2D eigenvalue weighted by molar-refractivity contribution is 5.73. The van der Waals surface area contributed by atoms with Crippen molar-refractivity contribution in [2.24, 2.45) is 0 Å². The number of amides is 1. The summed E-state index contributed by atoms with van der Waals surface area (Å²) < 4.78 is 30.3. The molecule has 2 aliphatic heterocycles. The molecule has 2 aromatic rings. The Morgan fingerprint density at radius 1 is 1.11 bits per heavy atom. The zero-order valence-electron chi connectivity index (χ0n) is 20.7. The molecule has 1 amide bonds. The molecule has 2 N–H and O–H groups in total. The summed E-state index contributed by atoms with van der Waals surface area (Å²) in [5.74, 6) is -0.499. The van der Waals surface area contributed by atoms with Gasteiger partial charge in [0.05, 0.1) is 6.61 Å². The summed E-state index contributed by atoms with van der Waals surface area (Å²) in [5, 5.41) is 12.1. The van der Waals surface area contributed by atoms with E-state index < -0.39 is 49.5 Å². The van der Waals surface area contributed by atoms with E-state index in [1.807, 2.05) is 54.6 Å². The monoisotopic (exact) mass is 499 g/mol. The first-order chi connectivity index (χ1) is 17.4. The van der Waals surface area contributed by atoms with Crippen molar-refractivity contribution in [3.8, 4) is 5.75 Å². The molecule has 7 atom stereocenters. The third-order valence-electron chi connectivity index (χ3n) is 6.49. The van der Waals surface area contributed by atoms with Crippen LogP contribution in [0.1, 0.15) is 50.5 Å². The number of carboxylic acids is 1. The molecule has 194 valence electrons. The Labute approximate surface area is 210 Å². The number of hydrogen-bond acceptors (Lipinski definition) is 7. The van der Waals surface area contributed by atoms with Gasteiger partial charge in [-0.15, -0.1) is 0 Å². The Balaban J connectivity index is 1.59. The number of aliphatic carboxylic acids is 1. The summed E-state index contributed by atoms with van der Waals surface area (Å²) in [4.78, 5) is 23.5. The van der Waals surface area contributed by atoms with Crippen molar-refractivity contribution in [1.82, 2.24) is 5.32 Å². The van der Waals surface area contributed by atoms with E-state index in [0.717, 1.165) is 12.0 Å². The molecule has 0 aromatic heterocycles. The van der Waals surface area contributed by atoms with E-state index >= 15 is 0 Å². The second-order valence-electron chi connectivity index (χ2n) is 9.11. The molecular formula is C27H33NO8. The summed E-state index contributed by atoms with van der Waals surface area (Å²) in [5.41, 5.74) is 2.00. The van der Waals surface area contributed by atoms with Crippen molar-refractivity contribution in [2.45, 2.75) is 70.0 Å². The van der Waals surface area contributed by atoms with Gasteiger partial charge >= 0.3 is 5.97 Å². The summed E-state index contributed by atoms with van der Waals surface area (Å²) in [6, 6.07) is 16.3. The highest BCUT2D eigenvalue weighted by Crippen LogP contribution is 2.36. The molecular weight excluding hydrogens is 466 g/mol.